The molecule has 0 aliphatic carbocycles. The summed E-state index contributed by atoms with van der Waals surface area (Å²) in [6, 6.07) is 7.51. The van der Waals surface area contributed by atoms with E-state index in [2.05, 4.69) is 28.2 Å². The van der Waals surface area contributed by atoms with Crippen LogP contribution in [0.15, 0.2) is 34.9 Å². The summed E-state index contributed by atoms with van der Waals surface area (Å²) in [5, 5.41) is 2.90. The van der Waals surface area contributed by atoms with Gasteiger partial charge in [-0.25, -0.2) is 0 Å². The summed E-state index contributed by atoms with van der Waals surface area (Å²) in [4.78, 5) is 12.4. The third-order valence-electron chi connectivity index (χ3n) is 2.99. The number of nitrogens with two attached hydrogens (primary N) is 1. The third kappa shape index (κ3) is 3.22. The summed E-state index contributed by atoms with van der Waals surface area (Å²) in [6.45, 7) is 4.84. The van der Waals surface area contributed by atoms with Crippen molar-refractivity contribution in [3.05, 3.63) is 46.2 Å². The molecule has 2 aromatic rings. The van der Waals surface area contributed by atoms with Gasteiger partial charge >= 0.3 is 0 Å². The number of nitrogens with zero attached hydrogens (tertiary/aromatic N) is 1. The van der Waals surface area contributed by atoms with E-state index in [-0.39, 0.29) is 5.91 Å². The zero-order valence-electron chi connectivity index (χ0n) is 11.6. The van der Waals surface area contributed by atoms with Crippen molar-refractivity contribution >= 4 is 33.2 Å². The highest BCUT2D eigenvalue weighted by Crippen LogP contribution is 2.24. The number of carbonyl (C=O) groups excluding carboxylic acids is 1. The fourth-order valence-corrected chi connectivity index (χ4v) is 2.65. The zero-order chi connectivity index (χ0) is 14.7. The Morgan fingerprint density at radius 2 is 2.15 bits per heavy atom. The van der Waals surface area contributed by atoms with Crippen molar-refractivity contribution in [2.45, 2.75) is 26.8 Å². The first kappa shape index (κ1) is 14.7. The minimum Gasteiger partial charge on any atom is -0.397 e. The molecule has 1 heterocycles. The highest BCUT2D eigenvalue weighted by molar-refractivity contribution is 9.10. The monoisotopic (exact) mass is 335 g/mol. The van der Waals surface area contributed by atoms with Crippen LogP contribution in [0.5, 0.6) is 0 Å². The van der Waals surface area contributed by atoms with Gasteiger partial charge in [-0.15, -0.1) is 0 Å². The number of hydrogen-bond acceptors (Lipinski definition) is 2. The Morgan fingerprint density at radius 1 is 1.40 bits per heavy atom. The van der Waals surface area contributed by atoms with Crippen LogP contribution < -0.4 is 11.1 Å². The molecule has 3 N–H and O–H groups in total. The number of aromatic nitrogens is 1. The van der Waals surface area contributed by atoms with Gasteiger partial charge < -0.3 is 15.6 Å². The fraction of sp³-hybridized carbons (Fsp3) is 0.267. The highest BCUT2D eigenvalue weighted by atomic mass is 79.9. The van der Waals surface area contributed by atoms with E-state index in [0.29, 0.717) is 11.4 Å². The Bertz CT molecular complexity index is 634. The van der Waals surface area contributed by atoms with Crippen LogP contribution in [-0.2, 0) is 6.54 Å². The molecule has 20 heavy (non-hydrogen) atoms. The fourth-order valence-electron chi connectivity index (χ4n) is 2.06. The summed E-state index contributed by atoms with van der Waals surface area (Å²) >= 11 is 3.46. The van der Waals surface area contributed by atoms with Crippen LogP contribution in [0.4, 0.5) is 11.4 Å². The molecule has 0 radical (unpaired) electrons. The maximum absolute atomic E-state index is 12.4. The van der Waals surface area contributed by atoms with Gasteiger partial charge in [0.05, 0.1) is 11.4 Å². The normalized spacial score (nSPS) is 10.6. The van der Waals surface area contributed by atoms with Crippen molar-refractivity contribution in [3.8, 4) is 0 Å². The topological polar surface area (TPSA) is 60.0 Å². The molecule has 1 aromatic heterocycles. The SMILES string of the molecule is CCCn1cc(N)cc1C(=O)Nc1ccc(C)cc1Br. The molecule has 0 atom stereocenters. The first-order valence-corrected chi connectivity index (χ1v) is 7.33. The lowest BCUT2D eigenvalue weighted by atomic mass is 10.2. The van der Waals surface area contributed by atoms with E-state index in [4.69, 9.17) is 5.73 Å². The minimum absolute atomic E-state index is 0.153. The predicted octanol–water partition coefficient (Wildman–Crippen LogP) is 3.80. The second kappa shape index (κ2) is 6.13. The number of rotatable bonds is 4. The average Bonchev–Trinajstić information content (AvgIpc) is 2.74. The van der Waals surface area contributed by atoms with Crippen LogP contribution >= 0.6 is 15.9 Å². The number of carbonyl (C=O) groups is 1. The summed E-state index contributed by atoms with van der Waals surface area (Å²) in [7, 11) is 0. The molecule has 2 rings (SSSR count). The lowest BCUT2D eigenvalue weighted by molar-refractivity contribution is 0.101. The van der Waals surface area contributed by atoms with Crippen molar-refractivity contribution in [1.29, 1.82) is 0 Å². The Labute approximate surface area is 127 Å². The van der Waals surface area contributed by atoms with Gasteiger partial charge in [0.1, 0.15) is 5.69 Å². The molecule has 0 saturated carbocycles. The lowest BCUT2D eigenvalue weighted by Gasteiger charge is -2.10. The highest BCUT2D eigenvalue weighted by Gasteiger charge is 2.14. The maximum atomic E-state index is 12.4. The van der Waals surface area contributed by atoms with Gasteiger partial charge in [0.25, 0.3) is 5.91 Å². The Balaban J connectivity index is 2.23. The van der Waals surface area contributed by atoms with E-state index in [1.54, 1.807) is 12.3 Å². The maximum Gasteiger partial charge on any atom is 0.272 e. The predicted molar refractivity (Wildman–Crippen MR) is 86.0 cm³/mol. The van der Waals surface area contributed by atoms with Gasteiger partial charge in [0, 0.05) is 17.2 Å². The van der Waals surface area contributed by atoms with Crippen molar-refractivity contribution in [2.24, 2.45) is 0 Å². The molecule has 0 unspecified atom stereocenters. The molecule has 0 aliphatic heterocycles. The van der Waals surface area contributed by atoms with Crippen LogP contribution in [0, 0.1) is 6.92 Å². The van der Waals surface area contributed by atoms with Crippen molar-refractivity contribution < 1.29 is 4.79 Å². The van der Waals surface area contributed by atoms with E-state index >= 15 is 0 Å². The Hall–Kier alpha value is -1.75. The number of amides is 1. The van der Waals surface area contributed by atoms with Gasteiger partial charge in [0.2, 0.25) is 0 Å². The molecular weight excluding hydrogens is 318 g/mol. The van der Waals surface area contributed by atoms with Gasteiger partial charge in [-0.2, -0.15) is 0 Å². The summed E-state index contributed by atoms with van der Waals surface area (Å²) in [5.74, 6) is -0.153. The molecule has 0 saturated heterocycles. The molecule has 0 aliphatic rings. The number of nitrogen functional groups attached to an aromatic ring is 1. The largest absolute Gasteiger partial charge is 0.397 e. The van der Waals surface area contributed by atoms with Gasteiger partial charge in [-0.05, 0) is 53.0 Å². The summed E-state index contributed by atoms with van der Waals surface area (Å²) in [5.41, 5.74) is 8.85. The molecular formula is C15H18BrN3O. The third-order valence-corrected chi connectivity index (χ3v) is 3.64. The Morgan fingerprint density at radius 3 is 2.80 bits per heavy atom. The van der Waals surface area contributed by atoms with E-state index < -0.39 is 0 Å². The van der Waals surface area contributed by atoms with E-state index in [0.717, 1.165) is 28.7 Å². The second-order valence-electron chi connectivity index (χ2n) is 4.79. The quantitative estimate of drug-likeness (QED) is 0.892. The first-order chi connectivity index (χ1) is 9.51. The average molecular weight is 336 g/mol. The number of aryl methyl sites for hydroxylation is 2. The number of nitrogens with one attached hydrogen (secondary N) is 1. The zero-order valence-corrected chi connectivity index (χ0v) is 13.2. The first-order valence-electron chi connectivity index (χ1n) is 6.54. The van der Waals surface area contributed by atoms with Crippen LogP contribution in [0.25, 0.3) is 0 Å². The number of anilines is 2. The smallest absolute Gasteiger partial charge is 0.272 e. The molecule has 4 nitrogen and oxygen atoms in total. The number of hydrogen-bond donors (Lipinski definition) is 2. The van der Waals surface area contributed by atoms with Gasteiger partial charge in [-0.3, -0.25) is 4.79 Å². The minimum atomic E-state index is -0.153. The van der Waals surface area contributed by atoms with Crippen molar-refractivity contribution in [2.75, 3.05) is 11.1 Å². The number of halogens is 1. The van der Waals surface area contributed by atoms with Crippen LogP contribution in [0.2, 0.25) is 0 Å². The standard InChI is InChI=1S/C15H18BrN3O/c1-3-6-19-9-11(17)8-14(19)15(20)18-13-5-4-10(2)7-12(13)16/h4-5,7-9H,3,6,17H2,1-2H3,(H,18,20). The molecule has 0 fully saturated rings. The second-order valence-corrected chi connectivity index (χ2v) is 5.64. The van der Waals surface area contributed by atoms with E-state index in [1.807, 2.05) is 29.7 Å². The molecule has 106 valence electrons. The van der Waals surface area contributed by atoms with Crippen LogP contribution in [0.3, 0.4) is 0 Å². The van der Waals surface area contributed by atoms with Gasteiger partial charge in [0.15, 0.2) is 0 Å². The summed E-state index contributed by atoms with van der Waals surface area (Å²) in [6.07, 6.45) is 2.74. The van der Waals surface area contributed by atoms with Crippen LogP contribution in [-0.4, -0.2) is 10.5 Å². The lowest BCUT2D eigenvalue weighted by Crippen LogP contribution is -2.17. The van der Waals surface area contributed by atoms with E-state index in [1.165, 1.54) is 0 Å². The van der Waals surface area contributed by atoms with Crippen molar-refractivity contribution in [3.63, 3.8) is 0 Å². The molecule has 1 aromatic carbocycles. The molecule has 1 amide bonds. The molecule has 5 heteroatoms. The van der Waals surface area contributed by atoms with E-state index in [9.17, 15) is 4.79 Å². The van der Waals surface area contributed by atoms with Crippen molar-refractivity contribution in [1.82, 2.24) is 4.57 Å². The Kier molecular flexibility index (Phi) is 4.49. The van der Waals surface area contributed by atoms with Crippen LogP contribution in [0.1, 0.15) is 29.4 Å². The summed E-state index contributed by atoms with van der Waals surface area (Å²) < 4.78 is 2.75. The molecule has 0 spiro atoms. The van der Waals surface area contributed by atoms with Gasteiger partial charge in [-0.1, -0.05) is 13.0 Å². The molecule has 0 bridgehead atoms. The number of benzene rings is 1.